The first-order valence-electron chi connectivity index (χ1n) is 9.18. The molecule has 1 aliphatic rings. The van der Waals surface area contributed by atoms with E-state index in [1.54, 1.807) is 19.1 Å². The summed E-state index contributed by atoms with van der Waals surface area (Å²) in [6.07, 6.45) is 1.36. The zero-order chi connectivity index (χ0) is 20.7. The highest BCUT2D eigenvalue weighted by molar-refractivity contribution is 7.92. The number of ether oxygens (including phenoxy) is 2. The minimum Gasteiger partial charge on any atom is -0.495 e. The molecule has 0 radical (unpaired) electrons. The fourth-order valence-corrected chi connectivity index (χ4v) is 4.52. The van der Waals surface area contributed by atoms with Crippen molar-refractivity contribution >= 4 is 33.2 Å². The van der Waals surface area contributed by atoms with Crippen molar-refractivity contribution in [3.05, 3.63) is 23.2 Å². The lowest BCUT2D eigenvalue weighted by molar-refractivity contribution is -0.122. The number of anilines is 1. The Labute approximate surface area is 171 Å². The Kier molecular flexibility index (Phi) is 8.36. The van der Waals surface area contributed by atoms with Crippen molar-refractivity contribution in [1.29, 1.82) is 0 Å². The van der Waals surface area contributed by atoms with Gasteiger partial charge in [0.25, 0.3) is 0 Å². The number of morpholine rings is 1. The third kappa shape index (κ3) is 5.97. The third-order valence-electron chi connectivity index (χ3n) is 4.54. The van der Waals surface area contributed by atoms with E-state index in [9.17, 15) is 13.2 Å². The second kappa shape index (κ2) is 10.3. The summed E-state index contributed by atoms with van der Waals surface area (Å²) < 4.78 is 36.8. The Balaban J connectivity index is 2.18. The number of hydrogen-bond acceptors (Lipinski definition) is 6. The van der Waals surface area contributed by atoms with Crippen LogP contribution in [0.1, 0.15) is 13.3 Å². The molecule has 1 fully saturated rings. The van der Waals surface area contributed by atoms with E-state index in [-0.39, 0.29) is 11.6 Å². The molecule has 0 aromatic heterocycles. The van der Waals surface area contributed by atoms with E-state index in [0.29, 0.717) is 43.5 Å². The topological polar surface area (TPSA) is 88.2 Å². The number of benzene rings is 1. The number of nitrogens with zero attached hydrogens (tertiary/aromatic N) is 2. The number of nitrogens with one attached hydrogen (secondary N) is 1. The van der Waals surface area contributed by atoms with E-state index < -0.39 is 16.1 Å². The molecule has 0 spiro atoms. The molecule has 1 aromatic rings. The number of rotatable bonds is 9. The van der Waals surface area contributed by atoms with Crippen LogP contribution >= 0.6 is 11.6 Å². The van der Waals surface area contributed by atoms with E-state index in [2.05, 4.69) is 10.2 Å². The average Bonchev–Trinajstić information content (AvgIpc) is 2.65. The largest absolute Gasteiger partial charge is 0.495 e. The molecule has 158 valence electrons. The molecule has 10 heteroatoms. The monoisotopic (exact) mass is 433 g/mol. The highest BCUT2D eigenvalue weighted by atomic mass is 35.5. The van der Waals surface area contributed by atoms with Gasteiger partial charge in [-0.1, -0.05) is 18.5 Å². The van der Waals surface area contributed by atoms with Crippen LogP contribution in [0, 0.1) is 0 Å². The number of carbonyl (C=O) groups excluding carboxylic acids is 1. The van der Waals surface area contributed by atoms with Crippen molar-refractivity contribution in [2.75, 3.05) is 57.1 Å². The fourth-order valence-electron chi connectivity index (χ4n) is 3.15. The maximum Gasteiger partial charge on any atom is 0.243 e. The van der Waals surface area contributed by atoms with E-state index in [0.717, 1.165) is 23.7 Å². The van der Waals surface area contributed by atoms with Gasteiger partial charge in [-0.25, -0.2) is 8.42 Å². The lowest BCUT2D eigenvalue weighted by Gasteiger charge is -2.31. The highest BCUT2D eigenvalue weighted by Gasteiger charge is 2.33. The summed E-state index contributed by atoms with van der Waals surface area (Å²) in [4.78, 5) is 15.0. The van der Waals surface area contributed by atoms with Gasteiger partial charge in [0.05, 0.1) is 32.3 Å². The molecule has 1 aromatic carbocycles. The lowest BCUT2D eigenvalue weighted by Crippen LogP contribution is -2.51. The maximum atomic E-state index is 12.8. The van der Waals surface area contributed by atoms with Crippen LogP contribution in [-0.2, 0) is 19.6 Å². The summed E-state index contributed by atoms with van der Waals surface area (Å²) in [5.41, 5.74) is 0.243. The first-order chi connectivity index (χ1) is 13.3. The molecule has 1 amide bonds. The molecule has 1 unspecified atom stereocenters. The van der Waals surface area contributed by atoms with Crippen LogP contribution in [0.25, 0.3) is 0 Å². The summed E-state index contributed by atoms with van der Waals surface area (Å²) in [7, 11) is -2.32. The third-order valence-corrected chi connectivity index (χ3v) is 5.94. The number of amides is 1. The van der Waals surface area contributed by atoms with Gasteiger partial charge in [-0.3, -0.25) is 14.0 Å². The Morgan fingerprint density at radius 2 is 2.07 bits per heavy atom. The Morgan fingerprint density at radius 3 is 2.64 bits per heavy atom. The molecule has 0 aliphatic carbocycles. The van der Waals surface area contributed by atoms with Crippen LogP contribution in [0.15, 0.2) is 18.2 Å². The zero-order valence-corrected chi connectivity index (χ0v) is 18.1. The molecule has 1 saturated heterocycles. The smallest absolute Gasteiger partial charge is 0.243 e. The predicted octanol–water partition coefficient (Wildman–Crippen LogP) is 1.34. The zero-order valence-electron chi connectivity index (χ0n) is 16.5. The van der Waals surface area contributed by atoms with Crippen LogP contribution in [-0.4, -0.2) is 78.0 Å². The van der Waals surface area contributed by atoms with Crippen molar-refractivity contribution in [3.8, 4) is 5.75 Å². The number of hydrogen-bond donors (Lipinski definition) is 1. The molecule has 0 bridgehead atoms. The summed E-state index contributed by atoms with van der Waals surface area (Å²) >= 11 is 6.07. The molecule has 1 N–H and O–H groups in total. The predicted molar refractivity (Wildman–Crippen MR) is 110 cm³/mol. The highest BCUT2D eigenvalue weighted by Crippen LogP contribution is 2.34. The molecular weight excluding hydrogens is 406 g/mol. The minimum atomic E-state index is -3.76. The second-order valence-electron chi connectivity index (χ2n) is 6.54. The van der Waals surface area contributed by atoms with Crippen LogP contribution in [0.5, 0.6) is 5.75 Å². The summed E-state index contributed by atoms with van der Waals surface area (Å²) in [5, 5.41) is 3.21. The van der Waals surface area contributed by atoms with Crippen LogP contribution < -0.4 is 14.4 Å². The van der Waals surface area contributed by atoms with E-state index >= 15 is 0 Å². The Bertz CT molecular complexity index is 768. The van der Waals surface area contributed by atoms with Gasteiger partial charge in [0, 0.05) is 31.2 Å². The van der Waals surface area contributed by atoms with Crippen molar-refractivity contribution in [1.82, 2.24) is 10.2 Å². The van der Waals surface area contributed by atoms with Crippen molar-refractivity contribution in [2.45, 2.75) is 19.4 Å². The van der Waals surface area contributed by atoms with Crippen molar-refractivity contribution in [3.63, 3.8) is 0 Å². The van der Waals surface area contributed by atoms with Gasteiger partial charge >= 0.3 is 0 Å². The molecule has 2 rings (SSSR count). The molecule has 28 heavy (non-hydrogen) atoms. The second-order valence-corrected chi connectivity index (χ2v) is 8.84. The standard InChI is InChI=1S/C18H28ClN3O5S/c1-4-15(18(23)20-7-8-21-9-11-27-12-10-21)22(28(3,24)25)16-13-14(19)5-6-17(16)26-2/h5-6,13,15H,4,7-12H2,1-3H3,(H,20,23). The average molecular weight is 434 g/mol. The van der Waals surface area contributed by atoms with Crippen molar-refractivity contribution < 1.29 is 22.7 Å². The summed E-state index contributed by atoms with van der Waals surface area (Å²) in [6.45, 7) is 5.89. The minimum absolute atomic E-state index is 0.243. The quantitative estimate of drug-likeness (QED) is 0.632. The van der Waals surface area contributed by atoms with Crippen molar-refractivity contribution in [2.24, 2.45) is 0 Å². The van der Waals surface area contributed by atoms with Crippen LogP contribution in [0.2, 0.25) is 5.02 Å². The SMILES string of the molecule is CCC(C(=O)NCCN1CCOCC1)N(c1cc(Cl)ccc1OC)S(C)(=O)=O. The van der Waals surface area contributed by atoms with E-state index in [1.165, 1.54) is 13.2 Å². The van der Waals surface area contributed by atoms with Crippen LogP contribution in [0.4, 0.5) is 5.69 Å². The molecule has 1 aliphatic heterocycles. The lowest BCUT2D eigenvalue weighted by atomic mass is 10.2. The van der Waals surface area contributed by atoms with Gasteiger partial charge in [-0.2, -0.15) is 0 Å². The van der Waals surface area contributed by atoms with Gasteiger partial charge < -0.3 is 14.8 Å². The molecule has 0 saturated carbocycles. The fraction of sp³-hybridized carbons (Fsp3) is 0.611. The van der Waals surface area contributed by atoms with E-state index in [1.807, 2.05) is 0 Å². The summed E-state index contributed by atoms with van der Waals surface area (Å²) in [6, 6.07) is 3.77. The number of halogens is 1. The van der Waals surface area contributed by atoms with Gasteiger partial charge in [0.2, 0.25) is 15.9 Å². The van der Waals surface area contributed by atoms with Gasteiger partial charge in [-0.05, 0) is 24.6 Å². The number of carbonyl (C=O) groups is 1. The number of sulfonamides is 1. The van der Waals surface area contributed by atoms with Gasteiger partial charge in [0.15, 0.2) is 0 Å². The Morgan fingerprint density at radius 1 is 1.39 bits per heavy atom. The first-order valence-corrected chi connectivity index (χ1v) is 11.4. The first kappa shape index (κ1) is 22.7. The van der Waals surface area contributed by atoms with Gasteiger partial charge in [0.1, 0.15) is 11.8 Å². The molecular formula is C18H28ClN3O5S. The molecule has 1 heterocycles. The Hall–Kier alpha value is -1.55. The maximum absolute atomic E-state index is 12.8. The van der Waals surface area contributed by atoms with Crippen LogP contribution in [0.3, 0.4) is 0 Å². The molecule has 1 atom stereocenters. The normalized spacial score (nSPS) is 16.4. The number of methoxy groups -OCH3 is 1. The summed E-state index contributed by atoms with van der Waals surface area (Å²) in [5.74, 6) is -0.0300. The molecule has 8 nitrogen and oxygen atoms in total. The van der Waals surface area contributed by atoms with E-state index in [4.69, 9.17) is 21.1 Å². The van der Waals surface area contributed by atoms with Gasteiger partial charge in [-0.15, -0.1) is 0 Å².